The summed E-state index contributed by atoms with van der Waals surface area (Å²) in [5.41, 5.74) is 2.99. The van der Waals surface area contributed by atoms with Gasteiger partial charge in [-0.2, -0.15) is 0 Å². The second kappa shape index (κ2) is 10.7. The first-order valence-electron chi connectivity index (χ1n) is 7.89. The van der Waals surface area contributed by atoms with E-state index in [1.165, 1.54) is 31.2 Å². The maximum atomic E-state index is 12.5. The van der Waals surface area contributed by atoms with Gasteiger partial charge in [0.25, 0.3) is 0 Å². The van der Waals surface area contributed by atoms with E-state index in [-0.39, 0.29) is 27.6 Å². The molecule has 23 heavy (non-hydrogen) atoms. The number of ketones is 1. The van der Waals surface area contributed by atoms with Gasteiger partial charge in [-0.05, 0) is 36.1 Å². The average molecular weight is 441 g/mol. The Morgan fingerprint density at radius 3 is 2.30 bits per heavy atom. The fourth-order valence-electron chi connectivity index (χ4n) is 2.42. The molecule has 1 unspecified atom stereocenters. The summed E-state index contributed by atoms with van der Waals surface area (Å²) >= 11 is 3.49. The molecule has 0 amide bonds. The monoisotopic (exact) mass is 439 g/mol. The molecule has 2 rings (SSSR count). The number of halogens is 2. The van der Waals surface area contributed by atoms with Crippen molar-refractivity contribution in [3.8, 4) is 0 Å². The number of rotatable bonds is 8. The lowest BCUT2D eigenvalue weighted by molar-refractivity contribution is 0.0991. The Morgan fingerprint density at radius 1 is 1.04 bits per heavy atom. The van der Waals surface area contributed by atoms with Crippen LogP contribution in [-0.2, 0) is 6.42 Å². The van der Waals surface area contributed by atoms with E-state index in [2.05, 4.69) is 40.0 Å². The van der Waals surface area contributed by atoms with Crippen molar-refractivity contribution in [2.45, 2.75) is 43.9 Å². The maximum Gasteiger partial charge on any atom is 0.180 e. The Bertz CT molecular complexity index is 584. The summed E-state index contributed by atoms with van der Waals surface area (Å²) in [6, 6.07) is 11.7. The minimum Gasteiger partial charge on any atom is -0.293 e. The van der Waals surface area contributed by atoms with E-state index in [1.54, 1.807) is 12.4 Å². The molecule has 0 aliphatic rings. The number of aryl methyl sites for hydroxylation is 1. The molecule has 1 atom stereocenters. The van der Waals surface area contributed by atoms with Crippen molar-refractivity contribution >= 4 is 38.7 Å². The van der Waals surface area contributed by atoms with Crippen molar-refractivity contribution in [2.24, 2.45) is 0 Å². The summed E-state index contributed by atoms with van der Waals surface area (Å²) in [6.07, 6.45) is 9.56. The molecule has 0 aliphatic carbocycles. The third-order valence-corrected chi connectivity index (χ3v) is 4.73. The lowest BCUT2D eigenvalue weighted by Crippen LogP contribution is -2.07. The normalized spacial score (nSPS) is 11.6. The summed E-state index contributed by atoms with van der Waals surface area (Å²) in [4.78, 5) is 16.2. The number of carbonyl (C=O) groups excluding carboxylic acids is 1. The van der Waals surface area contributed by atoms with Crippen LogP contribution in [0.15, 0.2) is 48.8 Å². The quantitative estimate of drug-likeness (QED) is 0.282. The van der Waals surface area contributed by atoms with Crippen LogP contribution in [0, 0.1) is 0 Å². The van der Waals surface area contributed by atoms with Crippen molar-refractivity contribution in [3.63, 3.8) is 0 Å². The first-order valence-corrected chi connectivity index (χ1v) is 8.81. The van der Waals surface area contributed by atoms with Crippen LogP contribution in [0.3, 0.4) is 0 Å². The first-order chi connectivity index (χ1) is 10.7. The Morgan fingerprint density at radius 2 is 1.70 bits per heavy atom. The third kappa shape index (κ3) is 6.19. The van der Waals surface area contributed by atoms with Crippen molar-refractivity contribution in [1.29, 1.82) is 0 Å². The molecule has 124 valence electrons. The number of hydrogen-bond donors (Lipinski definition) is 0. The highest BCUT2D eigenvalue weighted by Gasteiger charge is 2.18. The van der Waals surface area contributed by atoms with Crippen LogP contribution in [0.1, 0.15) is 58.9 Å². The second-order valence-electron chi connectivity index (χ2n) is 5.51. The van der Waals surface area contributed by atoms with Crippen LogP contribution >= 0.6 is 32.9 Å². The molecule has 0 fully saturated rings. The Balaban J connectivity index is 0.00000264. The molecule has 0 saturated heterocycles. The molecule has 0 bridgehead atoms. The largest absolute Gasteiger partial charge is 0.293 e. The van der Waals surface area contributed by atoms with Crippen LogP contribution in [0.2, 0.25) is 0 Å². The van der Waals surface area contributed by atoms with E-state index in [9.17, 15) is 4.79 Å². The number of pyridine rings is 1. The molecule has 0 spiro atoms. The number of benzene rings is 1. The molecule has 0 radical (unpaired) electrons. The summed E-state index contributed by atoms with van der Waals surface area (Å²) in [5, 5.41) is 0. The maximum absolute atomic E-state index is 12.5. The molecule has 0 aliphatic heterocycles. The number of hydrogen-bond acceptors (Lipinski definition) is 2. The number of nitrogens with zero attached hydrogens (tertiary/aromatic N) is 1. The van der Waals surface area contributed by atoms with Gasteiger partial charge >= 0.3 is 0 Å². The van der Waals surface area contributed by atoms with E-state index in [0.29, 0.717) is 0 Å². The molecule has 0 N–H and O–H groups in total. The summed E-state index contributed by atoms with van der Waals surface area (Å²) in [5.74, 6) is 0.0868. The van der Waals surface area contributed by atoms with Gasteiger partial charge in [-0.1, -0.05) is 66.4 Å². The Labute approximate surface area is 157 Å². The molecular weight excluding hydrogens is 418 g/mol. The van der Waals surface area contributed by atoms with Gasteiger partial charge in [0.1, 0.15) is 4.83 Å². The van der Waals surface area contributed by atoms with Gasteiger partial charge in [-0.15, -0.1) is 17.0 Å². The lowest BCUT2D eigenvalue weighted by Gasteiger charge is -2.09. The SMILES string of the molecule is Br.CCCCCCc1ccc(C(=O)C(Br)c2ccncc2)cc1. The fourth-order valence-corrected chi connectivity index (χ4v) is 2.99. The number of carbonyl (C=O) groups is 1. The predicted molar refractivity (Wildman–Crippen MR) is 105 cm³/mol. The van der Waals surface area contributed by atoms with Gasteiger partial charge in [0.2, 0.25) is 0 Å². The number of aromatic nitrogens is 1. The van der Waals surface area contributed by atoms with E-state index in [4.69, 9.17) is 0 Å². The zero-order valence-electron chi connectivity index (χ0n) is 13.4. The summed E-state index contributed by atoms with van der Waals surface area (Å²) in [6.45, 7) is 2.22. The average Bonchev–Trinajstić information content (AvgIpc) is 2.59. The van der Waals surface area contributed by atoms with Gasteiger partial charge in [-0.25, -0.2) is 0 Å². The molecule has 4 heteroatoms. The van der Waals surface area contributed by atoms with E-state index >= 15 is 0 Å². The highest BCUT2D eigenvalue weighted by molar-refractivity contribution is 9.09. The van der Waals surface area contributed by atoms with Gasteiger partial charge in [0.15, 0.2) is 5.78 Å². The van der Waals surface area contributed by atoms with Crippen molar-refractivity contribution in [2.75, 3.05) is 0 Å². The zero-order chi connectivity index (χ0) is 15.8. The second-order valence-corrected chi connectivity index (χ2v) is 6.43. The summed E-state index contributed by atoms with van der Waals surface area (Å²) < 4.78 is 0. The number of unbranched alkanes of at least 4 members (excludes halogenated alkanes) is 3. The van der Waals surface area contributed by atoms with Crippen LogP contribution in [-0.4, -0.2) is 10.8 Å². The Kier molecular flexibility index (Phi) is 9.34. The lowest BCUT2D eigenvalue weighted by atomic mass is 10.0. The number of alkyl halides is 1. The molecule has 0 saturated carbocycles. The van der Waals surface area contributed by atoms with Crippen molar-refractivity contribution in [1.82, 2.24) is 4.98 Å². The zero-order valence-corrected chi connectivity index (χ0v) is 16.7. The first kappa shape index (κ1) is 20.0. The van der Waals surface area contributed by atoms with Gasteiger partial charge in [0, 0.05) is 18.0 Å². The van der Waals surface area contributed by atoms with E-state index in [1.807, 2.05) is 24.3 Å². The van der Waals surface area contributed by atoms with Gasteiger partial charge in [-0.3, -0.25) is 9.78 Å². The predicted octanol–water partition coefficient (Wildman–Crippen LogP) is 6.10. The minimum atomic E-state index is -0.314. The van der Waals surface area contributed by atoms with Crippen LogP contribution in [0.25, 0.3) is 0 Å². The van der Waals surface area contributed by atoms with Crippen LogP contribution < -0.4 is 0 Å². The van der Waals surface area contributed by atoms with Crippen LogP contribution in [0.5, 0.6) is 0 Å². The molecule has 1 aromatic carbocycles. The van der Waals surface area contributed by atoms with Gasteiger partial charge < -0.3 is 0 Å². The van der Waals surface area contributed by atoms with Crippen molar-refractivity contribution in [3.05, 3.63) is 65.5 Å². The molecule has 1 aromatic heterocycles. The van der Waals surface area contributed by atoms with Crippen molar-refractivity contribution < 1.29 is 4.79 Å². The van der Waals surface area contributed by atoms with E-state index in [0.717, 1.165) is 17.5 Å². The molecular formula is C19H23Br2NO. The minimum absolute atomic E-state index is 0. The van der Waals surface area contributed by atoms with E-state index < -0.39 is 0 Å². The molecule has 1 heterocycles. The van der Waals surface area contributed by atoms with Crippen LogP contribution in [0.4, 0.5) is 0 Å². The topological polar surface area (TPSA) is 30.0 Å². The standard InChI is InChI=1S/C19H22BrNO.BrH/c1-2-3-4-5-6-15-7-9-17(10-8-15)19(22)18(20)16-11-13-21-14-12-16;/h7-14,18H,2-6H2,1H3;1H. The fraction of sp³-hybridized carbons (Fsp3) is 0.368. The van der Waals surface area contributed by atoms with Gasteiger partial charge in [0.05, 0.1) is 0 Å². The smallest absolute Gasteiger partial charge is 0.180 e. The highest BCUT2D eigenvalue weighted by Crippen LogP contribution is 2.26. The molecule has 2 nitrogen and oxygen atoms in total. The summed E-state index contributed by atoms with van der Waals surface area (Å²) in [7, 11) is 0. The molecule has 2 aromatic rings. The third-order valence-electron chi connectivity index (χ3n) is 3.79. The Hall–Kier alpha value is -1.00. The highest BCUT2D eigenvalue weighted by atomic mass is 79.9. The number of Topliss-reactive ketones (excluding diaryl/α,β-unsaturated/α-hetero) is 1.